The Morgan fingerprint density at radius 1 is 1.00 bits per heavy atom. The van der Waals surface area contributed by atoms with Crippen LogP contribution in [0.2, 0.25) is 0 Å². The Bertz CT molecular complexity index is 483. The zero-order chi connectivity index (χ0) is 12.3. The molecule has 2 aromatic rings. The van der Waals surface area contributed by atoms with Crippen LogP contribution in [0.15, 0.2) is 48.5 Å². The lowest BCUT2D eigenvalue weighted by atomic mass is 10.0. The molecule has 17 heavy (non-hydrogen) atoms. The zero-order valence-corrected chi connectivity index (χ0v) is 10.4. The monoisotopic (exact) mass is 226 g/mol. The van der Waals surface area contributed by atoms with Gasteiger partial charge < -0.3 is 5.11 Å². The first kappa shape index (κ1) is 11.9. The highest BCUT2D eigenvalue weighted by Crippen LogP contribution is 2.15. The third kappa shape index (κ3) is 3.18. The minimum Gasteiger partial charge on any atom is -0.389 e. The standard InChI is InChI=1S/C16H18O/c1-12-4-3-5-15(10-12)11-14-6-8-16(9-7-14)13(2)17/h3-10,13,17H,11H2,1-2H3. The summed E-state index contributed by atoms with van der Waals surface area (Å²) < 4.78 is 0. The van der Waals surface area contributed by atoms with Gasteiger partial charge in [-0.25, -0.2) is 0 Å². The largest absolute Gasteiger partial charge is 0.389 e. The number of rotatable bonds is 3. The summed E-state index contributed by atoms with van der Waals surface area (Å²) in [7, 11) is 0. The molecule has 0 saturated carbocycles. The molecule has 1 N–H and O–H groups in total. The van der Waals surface area contributed by atoms with Gasteiger partial charge in [-0.3, -0.25) is 0 Å². The molecule has 2 rings (SSSR count). The van der Waals surface area contributed by atoms with Crippen LogP contribution in [0.4, 0.5) is 0 Å². The highest BCUT2D eigenvalue weighted by atomic mass is 16.3. The maximum Gasteiger partial charge on any atom is 0.0761 e. The highest BCUT2D eigenvalue weighted by Gasteiger charge is 2.01. The number of hydrogen-bond acceptors (Lipinski definition) is 1. The summed E-state index contributed by atoms with van der Waals surface area (Å²) in [5.41, 5.74) is 4.87. The lowest BCUT2D eigenvalue weighted by Crippen LogP contribution is -1.93. The van der Waals surface area contributed by atoms with Crippen LogP contribution in [0, 0.1) is 6.92 Å². The molecule has 0 bridgehead atoms. The smallest absolute Gasteiger partial charge is 0.0761 e. The van der Waals surface area contributed by atoms with Gasteiger partial charge in [0.15, 0.2) is 0 Å². The topological polar surface area (TPSA) is 20.2 Å². The van der Waals surface area contributed by atoms with Crippen LogP contribution in [0.1, 0.15) is 35.3 Å². The molecule has 0 fully saturated rings. The average Bonchev–Trinajstić information content (AvgIpc) is 2.29. The Morgan fingerprint density at radius 3 is 2.29 bits per heavy atom. The van der Waals surface area contributed by atoms with Crippen LogP contribution in [0.3, 0.4) is 0 Å². The van der Waals surface area contributed by atoms with E-state index in [2.05, 4.69) is 43.3 Å². The molecular formula is C16H18O. The maximum absolute atomic E-state index is 9.44. The fourth-order valence-electron chi connectivity index (χ4n) is 1.97. The Morgan fingerprint density at radius 2 is 1.71 bits per heavy atom. The molecule has 2 aromatic carbocycles. The van der Waals surface area contributed by atoms with Gasteiger partial charge in [-0.15, -0.1) is 0 Å². The molecule has 0 aliphatic rings. The van der Waals surface area contributed by atoms with Gasteiger partial charge in [0.1, 0.15) is 0 Å². The molecule has 0 aromatic heterocycles. The molecule has 0 heterocycles. The minimum absolute atomic E-state index is 0.386. The molecule has 1 heteroatoms. The molecule has 1 unspecified atom stereocenters. The van der Waals surface area contributed by atoms with E-state index in [9.17, 15) is 5.11 Å². The average molecular weight is 226 g/mol. The van der Waals surface area contributed by atoms with Crippen molar-refractivity contribution in [2.45, 2.75) is 26.4 Å². The van der Waals surface area contributed by atoms with Crippen molar-refractivity contribution in [3.63, 3.8) is 0 Å². The lowest BCUT2D eigenvalue weighted by Gasteiger charge is -2.07. The van der Waals surface area contributed by atoms with Gasteiger partial charge in [-0.05, 0) is 37.0 Å². The maximum atomic E-state index is 9.44. The number of hydrogen-bond donors (Lipinski definition) is 1. The Hall–Kier alpha value is -1.60. The molecule has 88 valence electrons. The second kappa shape index (κ2) is 5.15. The van der Waals surface area contributed by atoms with E-state index in [1.54, 1.807) is 6.92 Å². The van der Waals surface area contributed by atoms with Crippen molar-refractivity contribution in [3.05, 3.63) is 70.8 Å². The van der Waals surface area contributed by atoms with Gasteiger partial charge in [0, 0.05) is 0 Å². The van der Waals surface area contributed by atoms with Crippen LogP contribution in [-0.2, 0) is 6.42 Å². The minimum atomic E-state index is -0.386. The highest BCUT2D eigenvalue weighted by molar-refractivity contribution is 5.31. The van der Waals surface area contributed by atoms with Crippen LogP contribution in [-0.4, -0.2) is 5.11 Å². The summed E-state index contributed by atoms with van der Waals surface area (Å²) in [6.07, 6.45) is 0.560. The zero-order valence-electron chi connectivity index (χ0n) is 10.4. The first-order valence-electron chi connectivity index (χ1n) is 5.97. The van der Waals surface area contributed by atoms with Crippen molar-refractivity contribution in [1.82, 2.24) is 0 Å². The van der Waals surface area contributed by atoms with Gasteiger partial charge in [0.05, 0.1) is 6.10 Å². The van der Waals surface area contributed by atoms with E-state index in [1.807, 2.05) is 12.1 Å². The summed E-state index contributed by atoms with van der Waals surface area (Å²) in [6, 6.07) is 16.7. The Balaban J connectivity index is 2.14. The molecule has 0 aliphatic carbocycles. The fraction of sp³-hybridized carbons (Fsp3) is 0.250. The first-order chi connectivity index (χ1) is 8.15. The Labute approximate surface area is 103 Å². The van der Waals surface area contributed by atoms with Crippen molar-refractivity contribution >= 4 is 0 Å². The number of aryl methyl sites for hydroxylation is 1. The molecule has 0 saturated heterocycles. The van der Waals surface area contributed by atoms with Crippen molar-refractivity contribution in [3.8, 4) is 0 Å². The molecule has 0 spiro atoms. The van der Waals surface area contributed by atoms with Crippen molar-refractivity contribution in [1.29, 1.82) is 0 Å². The quantitative estimate of drug-likeness (QED) is 0.847. The lowest BCUT2D eigenvalue weighted by molar-refractivity contribution is 0.199. The van der Waals surface area contributed by atoms with Crippen molar-refractivity contribution in [2.24, 2.45) is 0 Å². The van der Waals surface area contributed by atoms with Gasteiger partial charge in [0.25, 0.3) is 0 Å². The van der Waals surface area contributed by atoms with E-state index in [4.69, 9.17) is 0 Å². The first-order valence-corrected chi connectivity index (χ1v) is 5.97. The Kier molecular flexibility index (Phi) is 3.60. The van der Waals surface area contributed by atoms with Gasteiger partial charge in [0.2, 0.25) is 0 Å². The molecular weight excluding hydrogens is 208 g/mol. The van der Waals surface area contributed by atoms with E-state index in [0.29, 0.717) is 0 Å². The molecule has 1 nitrogen and oxygen atoms in total. The molecule has 0 aliphatic heterocycles. The van der Waals surface area contributed by atoms with Crippen molar-refractivity contribution < 1.29 is 5.11 Å². The van der Waals surface area contributed by atoms with Gasteiger partial charge >= 0.3 is 0 Å². The second-order valence-corrected chi connectivity index (χ2v) is 4.58. The fourth-order valence-corrected chi connectivity index (χ4v) is 1.97. The summed E-state index contributed by atoms with van der Waals surface area (Å²) >= 11 is 0. The normalized spacial score (nSPS) is 12.4. The summed E-state index contributed by atoms with van der Waals surface area (Å²) in [6.45, 7) is 3.90. The van der Waals surface area contributed by atoms with Crippen LogP contribution >= 0.6 is 0 Å². The number of benzene rings is 2. The predicted octanol–water partition coefficient (Wildman–Crippen LogP) is 3.64. The van der Waals surface area contributed by atoms with Crippen LogP contribution in [0.5, 0.6) is 0 Å². The third-order valence-corrected chi connectivity index (χ3v) is 2.95. The third-order valence-electron chi connectivity index (χ3n) is 2.95. The van der Waals surface area contributed by atoms with E-state index in [1.165, 1.54) is 16.7 Å². The predicted molar refractivity (Wildman–Crippen MR) is 71.1 cm³/mol. The second-order valence-electron chi connectivity index (χ2n) is 4.58. The van der Waals surface area contributed by atoms with Gasteiger partial charge in [-0.2, -0.15) is 0 Å². The van der Waals surface area contributed by atoms with Gasteiger partial charge in [-0.1, -0.05) is 54.1 Å². The van der Waals surface area contributed by atoms with Crippen LogP contribution < -0.4 is 0 Å². The van der Waals surface area contributed by atoms with E-state index in [0.717, 1.165) is 12.0 Å². The van der Waals surface area contributed by atoms with Crippen molar-refractivity contribution in [2.75, 3.05) is 0 Å². The molecule has 1 atom stereocenters. The number of aliphatic hydroxyl groups excluding tert-OH is 1. The SMILES string of the molecule is Cc1cccc(Cc2ccc(C(C)O)cc2)c1. The summed E-state index contributed by atoms with van der Waals surface area (Å²) in [4.78, 5) is 0. The summed E-state index contributed by atoms with van der Waals surface area (Å²) in [5.74, 6) is 0. The summed E-state index contributed by atoms with van der Waals surface area (Å²) in [5, 5.41) is 9.44. The molecule has 0 radical (unpaired) electrons. The van der Waals surface area contributed by atoms with Crippen LogP contribution in [0.25, 0.3) is 0 Å². The van der Waals surface area contributed by atoms with E-state index >= 15 is 0 Å². The van der Waals surface area contributed by atoms with E-state index < -0.39 is 0 Å². The van der Waals surface area contributed by atoms with E-state index in [-0.39, 0.29) is 6.10 Å². The molecule has 0 amide bonds. The number of aliphatic hydroxyl groups is 1.